The van der Waals surface area contributed by atoms with Crippen LogP contribution in [0.15, 0.2) is 91.0 Å². The highest BCUT2D eigenvalue weighted by molar-refractivity contribution is 6.00. The van der Waals surface area contributed by atoms with Gasteiger partial charge in [-0.05, 0) is 91.0 Å². The molecule has 4 aromatic rings. The van der Waals surface area contributed by atoms with Crippen LogP contribution in [-0.2, 0) is 14.2 Å². The van der Waals surface area contributed by atoms with E-state index in [-0.39, 0.29) is 56.3 Å². The maximum Gasteiger partial charge on any atom is 0.338 e. The third-order valence-corrected chi connectivity index (χ3v) is 6.04. The zero-order valence-corrected chi connectivity index (χ0v) is 24.3. The molecule has 0 aromatic heterocycles. The van der Waals surface area contributed by atoms with E-state index in [2.05, 4.69) is 0 Å². The van der Waals surface area contributed by atoms with Crippen LogP contribution < -0.4 is 31.4 Å². The van der Waals surface area contributed by atoms with E-state index in [9.17, 15) is 14.4 Å². The summed E-state index contributed by atoms with van der Waals surface area (Å²) in [5.41, 5.74) is 18.6. The molecule has 0 spiro atoms. The largest absolute Gasteiger partial charge is 0.490 e. The minimum atomic E-state index is -0.780. The van der Waals surface area contributed by atoms with Gasteiger partial charge < -0.3 is 45.6 Å². The lowest BCUT2D eigenvalue weighted by atomic mass is 10.1. The molecule has 0 aliphatic rings. The number of benzene rings is 4. The maximum absolute atomic E-state index is 12.9. The Morgan fingerprint density at radius 3 is 0.889 bits per heavy atom. The Morgan fingerprint density at radius 1 is 0.400 bits per heavy atom. The number of esters is 3. The van der Waals surface area contributed by atoms with Gasteiger partial charge >= 0.3 is 17.9 Å². The van der Waals surface area contributed by atoms with Gasteiger partial charge in [0.25, 0.3) is 0 Å². The van der Waals surface area contributed by atoms with Gasteiger partial charge in [0.05, 0.1) is 16.7 Å². The lowest BCUT2D eigenvalue weighted by Crippen LogP contribution is -2.17. The number of carbonyl (C=O) groups is 3. The second-order valence-corrected chi connectivity index (χ2v) is 9.46. The van der Waals surface area contributed by atoms with Crippen LogP contribution >= 0.6 is 0 Å². The van der Waals surface area contributed by atoms with Gasteiger partial charge in [-0.15, -0.1) is 0 Å². The van der Waals surface area contributed by atoms with Crippen molar-refractivity contribution >= 4 is 35.0 Å². The van der Waals surface area contributed by atoms with Gasteiger partial charge in [0.2, 0.25) is 0 Å². The van der Waals surface area contributed by atoms with E-state index in [0.29, 0.717) is 34.3 Å². The number of hydrogen-bond acceptors (Lipinski definition) is 12. The fourth-order valence-corrected chi connectivity index (χ4v) is 3.80. The van der Waals surface area contributed by atoms with E-state index >= 15 is 0 Å². The summed E-state index contributed by atoms with van der Waals surface area (Å²) >= 11 is 0. The molecule has 0 heterocycles. The second-order valence-electron chi connectivity index (χ2n) is 9.46. The van der Waals surface area contributed by atoms with Crippen LogP contribution in [0.1, 0.15) is 31.1 Å². The number of rotatable bonds is 15. The minimum Gasteiger partial charge on any atom is -0.490 e. The summed E-state index contributed by atoms with van der Waals surface area (Å²) in [5, 5.41) is 0. The average molecular weight is 616 g/mol. The van der Waals surface area contributed by atoms with E-state index in [1.54, 1.807) is 72.8 Å². The molecule has 0 radical (unpaired) electrons. The summed E-state index contributed by atoms with van der Waals surface area (Å²) < 4.78 is 32.5. The van der Waals surface area contributed by atoms with Crippen molar-refractivity contribution in [1.29, 1.82) is 0 Å². The van der Waals surface area contributed by atoms with E-state index in [1.807, 2.05) is 0 Å². The fourth-order valence-electron chi connectivity index (χ4n) is 3.80. The molecule has 6 N–H and O–H groups in total. The first-order valence-electron chi connectivity index (χ1n) is 13.9. The molecule has 4 aromatic carbocycles. The van der Waals surface area contributed by atoms with Gasteiger partial charge in [0.15, 0.2) is 0 Å². The van der Waals surface area contributed by atoms with Crippen molar-refractivity contribution < 1.29 is 42.8 Å². The summed E-state index contributed by atoms with van der Waals surface area (Å²) in [4.78, 5) is 38.6. The predicted molar refractivity (Wildman–Crippen MR) is 166 cm³/mol. The maximum atomic E-state index is 12.9. The minimum absolute atomic E-state index is 0.0554. The van der Waals surface area contributed by atoms with E-state index < -0.39 is 17.9 Å². The highest BCUT2D eigenvalue weighted by Crippen LogP contribution is 2.17. The first-order valence-corrected chi connectivity index (χ1v) is 13.9. The zero-order valence-electron chi connectivity index (χ0n) is 24.3. The molecule has 0 fully saturated rings. The summed E-state index contributed by atoms with van der Waals surface area (Å²) in [7, 11) is 0. The molecular weight excluding hydrogens is 582 g/mol. The van der Waals surface area contributed by atoms with Crippen molar-refractivity contribution in [3.05, 3.63) is 108 Å². The Morgan fingerprint density at radius 2 is 0.644 bits per heavy atom. The average Bonchev–Trinajstić information content (AvgIpc) is 3.05. The number of ether oxygens (including phenoxy) is 6. The third-order valence-electron chi connectivity index (χ3n) is 6.04. The van der Waals surface area contributed by atoms with E-state index in [4.69, 9.17) is 45.6 Å². The molecule has 0 atom stereocenters. The Hall–Kier alpha value is -5.91. The number of nitrogen functional groups attached to an aromatic ring is 3. The van der Waals surface area contributed by atoms with Crippen LogP contribution in [0.3, 0.4) is 0 Å². The molecule has 0 bridgehead atoms. The standard InChI is InChI=1S/C33H33N3O9/c34-25-1-7-28(8-2-25)40-13-16-43-31(37)22-19-23(32(38)44-17-14-41-29-9-3-26(35)4-10-29)21-24(20-22)33(39)45-18-15-42-30-11-5-27(36)6-12-30/h1-12,19-21H,13-18,34-36H2. The van der Waals surface area contributed by atoms with Crippen molar-refractivity contribution in [1.82, 2.24) is 0 Å². The number of anilines is 3. The molecule has 234 valence electrons. The number of carbonyl (C=O) groups excluding carboxylic acids is 3. The van der Waals surface area contributed by atoms with Crippen molar-refractivity contribution in [2.24, 2.45) is 0 Å². The van der Waals surface area contributed by atoms with Crippen molar-refractivity contribution in [3.63, 3.8) is 0 Å². The summed E-state index contributed by atoms with van der Waals surface area (Å²) in [6.07, 6.45) is 0. The SMILES string of the molecule is Nc1ccc(OCCOC(=O)c2cc(C(=O)OCCOc3ccc(N)cc3)cc(C(=O)OCCOc3ccc(N)cc3)c2)cc1. The lowest BCUT2D eigenvalue weighted by molar-refractivity contribution is 0.0444. The molecule has 45 heavy (non-hydrogen) atoms. The van der Waals surface area contributed by atoms with Crippen molar-refractivity contribution in [2.75, 3.05) is 56.8 Å². The highest BCUT2D eigenvalue weighted by atomic mass is 16.6. The quantitative estimate of drug-likeness (QED) is 0.0752. The third kappa shape index (κ3) is 10.4. The zero-order chi connectivity index (χ0) is 32.0. The number of hydrogen-bond donors (Lipinski definition) is 3. The molecule has 0 amide bonds. The molecule has 0 saturated heterocycles. The van der Waals surface area contributed by atoms with Gasteiger partial charge in [-0.2, -0.15) is 0 Å². The van der Waals surface area contributed by atoms with E-state index in [0.717, 1.165) is 0 Å². The van der Waals surface area contributed by atoms with Gasteiger partial charge in [0.1, 0.15) is 56.9 Å². The van der Waals surface area contributed by atoms with Crippen LogP contribution in [0.25, 0.3) is 0 Å². The Kier molecular flexibility index (Phi) is 11.4. The topological polar surface area (TPSA) is 185 Å². The van der Waals surface area contributed by atoms with Gasteiger partial charge in [-0.25, -0.2) is 14.4 Å². The van der Waals surface area contributed by atoms with Gasteiger partial charge in [-0.1, -0.05) is 0 Å². The number of nitrogens with two attached hydrogens (primary N) is 3. The normalized spacial score (nSPS) is 10.4. The van der Waals surface area contributed by atoms with Crippen LogP contribution in [0.2, 0.25) is 0 Å². The van der Waals surface area contributed by atoms with Crippen LogP contribution in [0, 0.1) is 0 Å². The predicted octanol–water partition coefficient (Wildman–Crippen LogP) is 4.14. The Balaban J connectivity index is 1.36. The van der Waals surface area contributed by atoms with Crippen molar-refractivity contribution in [2.45, 2.75) is 0 Å². The molecule has 0 unspecified atom stereocenters. The van der Waals surface area contributed by atoms with Crippen molar-refractivity contribution in [3.8, 4) is 17.2 Å². The molecular formula is C33H33N3O9. The van der Waals surface area contributed by atoms with E-state index in [1.165, 1.54) is 18.2 Å². The Labute approximate surface area is 259 Å². The first kappa shape index (κ1) is 32.0. The van der Waals surface area contributed by atoms with Crippen LogP contribution in [0.5, 0.6) is 17.2 Å². The van der Waals surface area contributed by atoms with Crippen LogP contribution in [0.4, 0.5) is 17.1 Å². The van der Waals surface area contributed by atoms with Gasteiger partial charge in [0, 0.05) is 17.1 Å². The molecule has 12 nitrogen and oxygen atoms in total. The summed E-state index contributed by atoms with van der Waals surface area (Å²) in [6, 6.07) is 24.0. The molecule has 4 rings (SSSR count). The molecule has 12 heteroatoms. The Bertz CT molecular complexity index is 1370. The molecule has 0 saturated carbocycles. The second kappa shape index (κ2) is 16.1. The summed E-state index contributed by atoms with van der Waals surface area (Å²) in [5.74, 6) is -0.684. The molecule has 0 aliphatic carbocycles. The smallest absolute Gasteiger partial charge is 0.338 e. The first-order chi connectivity index (χ1) is 21.8. The summed E-state index contributed by atoms with van der Waals surface area (Å²) in [6.45, 7) is -0.0925. The lowest BCUT2D eigenvalue weighted by Gasteiger charge is -2.12. The highest BCUT2D eigenvalue weighted by Gasteiger charge is 2.19. The van der Waals surface area contributed by atoms with Crippen LogP contribution in [-0.4, -0.2) is 57.5 Å². The fraction of sp³-hybridized carbons (Fsp3) is 0.182. The molecule has 0 aliphatic heterocycles. The van der Waals surface area contributed by atoms with Gasteiger partial charge in [-0.3, -0.25) is 0 Å². The monoisotopic (exact) mass is 615 g/mol.